The predicted octanol–water partition coefficient (Wildman–Crippen LogP) is 3.44. The number of carbonyl (C=O) groups excluding carboxylic acids is 1. The molecule has 7 heteroatoms. The molecule has 0 aromatic heterocycles. The molecule has 0 spiro atoms. The van der Waals surface area contributed by atoms with Gasteiger partial charge in [-0.25, -0.2) is 4.79 Å². The summed E-state index contributed by atoms with van der Waals surface area (Å²) in [6.45, 7) is 0. The van der Waals surface area contributed by atoms with Crippen LogP contribution in [0.2, 0.25) is 0 Å². The lowest BCUT2D eigenvalue weighted by molar-refractivity contribution is -0.385. The number of rotatable bonds is 5. The maximum atomic E-state index is 11.2. The molecule has 0 unspecified atom stereocenters. The third kappa shape index (κ3) is 4.18. The minimum atomic E-state index is -0.575. The van der Waals surface area contributed by atoms with Gasteiger partial charge in [0.05, 0.1) is 23.7 Å². The lowest BCUT2D eigenvalue weighted by atomic mass is 10.1. The predicted molar refractivity (Wildman–Crippen MR) is 85.4 cm³/mol. The first-order valence-corrected chi connectivity index (χ1v) is 6.76. The highest BCUT2D eigenvalue weighted by atomic mass is 16.6. The van der Waals surface area contributed by atoms with Gasteiger partial charge < -0.3 is 9.47 Å². The maximum Gasteiger partial charge on any atom is 0.330 e. The summed E-state index contributed by atoms with van der Waals surface area (Å²) in [4.78, 5) is 21.7. The molecule has 0 N–H and O–H groups in total. The number of nitrogens with zero attached hydrogens (tertiary/aromatic N) is 2. The largest absolute Gasteiger partial charge is 0.466 e. The van der Waals surface area contributed by atoms with Crippen molar-refractivity contribution in [2.75, 3.05) is 7.11 Å². The maximum absolute atomic E-state index is 11.2. The SMILES string of the molecule is COC(=O)/C=C/c1ccc(Oc2ccc(C#N)cc2)c([N+](=O)[O-])c1. The van der Waals surface area contributed by atoms with Gasteiger partial charge in [0.2, 0.25) is 5.75 Å². The van der Waals surface area contributed by atoms with E-state index in [0.29, 0.717) is 16.9 Å². The van der Waals surface area contributed by atoms with E-state index < -0.39 is 10.9 Å². The quantitative estimate of drug-likeness (QED) is 0.361. The summed E-state index contributed by atoms with van der Waals surface area (Å²) >= 11 is 0. The minimum Gasteiger partial charge on any atom is -0.466 e. The second-order valence-electron chi connectivity index (χ2n) is 4.58. The van der Waals surface area contributed by atoms with Crippen molar-refractivity contribution in [2.45, 2.75) is 0 Å². The van der Waals surface area contributed by atoms with E-state index in [1.54, 1.807) is 30.3 Å². The molecule has 7 nitrogen and oxygen atoms in total. The van der Waals surface area contributed by atoms with Crippen LogP contribution in [-0.4, -0.2) is 18.0 Å². The van der Waals surface area contributed by atoms with Gasteiger partial charge in [0, 0.05) is 12.1 Å². The third-order valence-corrected chi connectivity index (χ3v) is 3.00. The number of nitriles is 1. The molecule has 0 heterocycles. The second-order valence-corrected chi connectivity index (χ2v) is 4.58. The van der Waals surface area contributed by atoms with Crippen molar-refractivity contribution in [1.29, 1.82) is 5.26 Å². The molecule has 0 aliphatic heterocycles. The fourth-order valence-corrected chi connectivity index (χ4v) is 1.82. The first kappa shape index (κ1) is 16.7. The molecule has 0 bridgehead atoms. The Morgan fingerprint density at radius 3 is 2.54 bits per heavy atom. The van der Waals surface area contributed by atoms with Crippen LogP contribution in [0.1, 0.15) is 11.1 Å². The molecule has 0 saturated heterocycles. The zero-order chi connectivity index (χ0) is 17.5. The van der Waals surface area contributed by atoms with Crippen LogP contribution in [0.15, 0.2) is 48.5 Å². The molecule has 0 atom stereocenters. The van der Waals surface area contributed by atoms with Gasteiger partial charge in [-0.1, -0.05) is 6.07 Å². The highest BCUT2D eigenvalue weighted by Crippen LogP contribution is 2.32. The van der Waals surface area contributed by atoms with E-state index in [4.69, 9.17) is 10.00 Å². The molecule has 2 aromatic rings. The van der Waals surface area contributed by atoms with Crippen molar-refractivity contribution in [2.24, 2.45) is 0 Å². The number of ether oxygens (including phenoxy) is 2. The Bertz CT molecular complexity index is 835. The number of nitro groups is 1. The zero-order valence-electron chi connectivity index (χ0n) is 12.6. The van der Waals surface area contributed by atoms with Gasteiger partial charge in [-0.05, 0) is 42.0 Å². The van der Waals surface area contributed by atoms with Gasteiger partial charge in [0.1, 0.15) is 5.75 Å². The normalized spacial score (nSPS) is 10.2. The standard InChI is InChI=1S/C17H12N2O5/c1-23-17(20)9-5-12-4-8-16(15(10-12)19(21)22)24-14-6-2-13(11-18)3-7-14/h2-10H,1H3/b9-5+. The van der Waals surface area contributed by atoms with Crippen molar-refractivity contribution in [3.05, 3.63) is 69.8 Å². The van der Waals surface area contributed by atoms with Crippen LogP contribution in [0.3, 0.4) is 0 Å². The van der Waals surface area contributed by atoms with Crippen molar-refractivity contribution in [3.8, 4) is 17.6 Å². The van der Waals surface area contributed by atoms with Crippen LogP contribution in [0.4, 0.5) is 5.69 Å². The van der Waals surface area contributed by atoms with Crippen LogP contribution in [0, 0.1) is 21.4 Å². The van der Waals surface area contributed by atoms with Crippen molar-refractivity contribution in [3.63, 3.8) is 0 Å². The molecule has 0 amide bonds. The van der Waals surface area contributed by atoms with E-state index in [1.165, 1.54) is 31.4 Å². The average Bonchev–Trinajstić information content (AvgIpc) is 2.60. The Labute approximate surface area is 137 Å². The summed E-state index contributed by atoms with van der Waals surface area (Å²) in [5, 5.41) is 20.0. The van der Waals surface area contributed by atoms with Crippen LogP contribution >= 0.6 is 0 Å². The molecule has 0 aliphatic carbocycles. The Morgan fingerprint density at radius 2 is 1.96 bits per heavy atom. The average molecular weight is 324 g/mol. The second kappa shape index (κ2) is 7.56. The summed E-state index contributed by atoms with van der Waals surface area (Å²) in [5.41, 5.74) is 0.672. The van der Waals surface area contributed by atoms with E-state index >= 15 is 0 Å². The van der Waals surface area contributed by atoms with E-state index in [2.05, 4.69) is 4.74 Å². The molecule has 0 saturated carbocycles. The molecular weight excluding hydrogens is 312 g/mol. The highest BCUT2D eigenvalue weighted by molar-refractivity contribution is 5.87. The van der Waals surface area contributed by atoms with Gasteiger partial charge >= 0.3 is 11.7 Å². The summed E-state index contributed by atoms with van der Waals surface area (Å²) in [6.07, 6.45) is 2.57. The van der Waals surface area contributed by atoms with Gasteiger partial charge in [-0.15, -0.1) is 0 Å². The summed E-state index contributed by atoms with van der Waals surface area (Å²) in [6, 6.07) is 12.5. The van der Waals surface area contributed by atoms with Crippen molar-refractivity contribution >= 4 is 17.7 Å². The number of methoxy groups -OCH3 is 1. The Morgan fingerprint density at radius 1 is 1.25 bits per heavy atom. The number of esters is 1. The summed E-state index contributed by atoms with van der Waals surface area (Å²) in [7, 11) is 1.24. The van der Waals surface area contributed by atoms with Gasteiger partial charge in [-0.2, -0.15) is 5.26 Å². The fraction of sp³-hybridized carbons (Fsp3) is 0.0588. The zero-order valence-corrected chi connectivity index (χ0v) is 12.6. The van der Waals surface area contributed by atoms with E-state index in [0.717, 1.165) is 0 Å². The van der Waals surface area contributed by atoms with E-state index in [9.17, 15) is 14.9 Å². The molecule has 2 rings (SSSR count). The molecule has 24 heavy (non-hydrogen) atoms. The van der Waals surface area contributed by atoms with Gasteiger partial charge in [0.25, 0.3) is 0 Å². The van der Waals surface area contributed by atoms with Gasteiger partial charge in [-0.3, -0.25) is 10.1 Å². The Kier molecular flexibility index (Phi) is 5.26. The number of carbonyl (C=O) groups is 1. The minimum absolute atomic E-state index is 0.0555. The lowest BCUT2D eigenvalue weighted by Gasteiger charge is -2.07. The van der Waals surface area contributed by atoms with Crippen LogP contribution < -0.4 is 4.74 Å². The molecular formula is C17H12N2O5. The van der Waals surface area contributed by atoms with Crippen LogP contribution in [0.5, 0.6) is 11.5 Å². The summed E-state index contributed by atoms with van der Waals surface area (Å²) < 4.78 is 9.97. The number of nitro benzene ring substituents is 1. The Hall–Kier alpha value is -3.66. The first-order chi connectivity index (χ1) is 11.5. The van der Waals surface area contributed by atoms with Gasteiger partial charge in [0.15, 0.2) is 0 Å². The fourth-order valence-electron chi connectivity index (χ4n) is 1.82. The first-order valence-electron chi connectivity index (χ1n) is 6.76. The molecule has 0 radical (unpaired) electrons. The number of benzene rings is 2. The molecule has 120 valence electrons. The molecule has 0 fully saturated rings. The smallest absolute Gasteiger partial charge is 0.330 e. The topological polar surface area (TPSA) is 102 Å². The monoisotopic (exact) mass is 324 g/mol. The number of hydrogen-bond donors (Lipinski definition) is 0. The van der Waals surface area contributed by atoms with Crippen molar-refractivity contribution < 1.29 is 19.2 Å². The van der Waals surface area contributed by atoms with Crippen molar-refractivity contribution in [1.82, 2.24) is 0 Å². The van der Waals surface area contributed by atoms with Crippen LogP contribution in [0.25, 0.3) is 6.08 Å². The van der Waals surface area contributed by atoms with E-state index in [1.807, 2.05) is 6.07 Å². The Balaban J connectivity index is 2.29. The third-order valence-electron chi connectivity index (χ3n) is 3.00. The lowest BCUT2D eigenvalue weighted by Crippen LogP contribution is -1.95. The molecule has 0 aliphatic rings. The van der Waals surface area contributed by atoms with Crippen LogP contribution in [-0.2, 0) is 9.53 Å². The van der Waals surface area contributed by atoms with E-state index in [-0.39, 0.29) is 11.4 Å². The number of hydrogen-bond acceptors (Lipinski definition) is 6. The molecule has 2 aromatic carbocycles. The summed E-state index contributed by atoms with van der Waals surface area (Å²) in [5.74, 6) is -0.134. The highest BCUT2D eigenvalue weighted by Gasteiger charge is 2.16.